The van der Waals surface area contributed by atoms with E-state index in [0.717, 1.165) is 112 Å². The van der Waals surface area contributed by atoms with E-state index in [1.165, 1.54) is 27.8 Å². The fourth-order valence-corrected chi connectivity index (χ4v) is 8.81. The molecule has 0 amide bonds. The van der Waals surface area contributed by atoms with Crippen LogP contribution in [0.4, 0.5) is 0 Å². The van der Waals surface area contributed by atoms with Crippen molar-refractivity contribution in [2.45, 2.75) is 61.8 Å². The molecule has 1 aliphatic carbocycles. The monoisotopic (exact) mass is 934 g/mol. The molecule has 1 aliphatic rings. The third-order valence-corrected chi connectivity index (χ3v) is 13.2. The minimum Gasteiger partial charge on any atom is -0.0616 e. The average molecular weight is 935 g/mol. The van der Waals surface area contributed by atoms with Crippen molar-refractivity contribution in [2.24, 2.45) is 0 Å². The molecule has 0 nitrogen and oxygen atoms in total. The van der Waals surface area contributed by atoms with E-state index in [0.29, 0.717) is 0 Å². The quantitative estimate of drug-likeness (QED) is 0.151. The van der Waals surface area contributed by atoms with Crippen LogP contribution in [0.5, 0.6) is 0 Å². The number of hydrogen-bond donors (Lipinski definition) is 0. The number of aryl methyl sites for hydroxylation is 8. The zero-order valence-electron chi connectivity index (χ0n) is 43.2. The highest BCUT2D eigenvalue weighted by Gasteiger charge is 2.31. The van der Waals surface area contributed by atoms with Gasteiger partial charge in [0.25, 0.3) is 0 Å². The summed E-state index contributed by atoms with van der Waals surface area (Å²) in [5.41, 5.74) is 23.8. The largest absolute Gasteiger partial charge is 0.0616 e. The van der Waals surface area contributed by atoms with Crippen molar-refractivity contribution in [1.29, 1.82) is 0 Å². The van der Waals surface area contributed by atoms with Crippen molar-refractivity contribution in [3.8, 4) is 47.4 Å². The fourth-order valence-electron chi connectivity index (χ4n) is 8.81. The second-order valence-corrected chi connectivity index (χ2v) is 19.1. The van der Waals surface area contributed by atoms with Crippen LogP contribution in [0.1, 0.15) is 95.9 Å². The van der Waals surface area contributed by atoms with Crippen LogP contribution in [-0.2, 0) is 6.42 Å². The standard InChI is InChI=1S/C73H58/c1-9-57-32-44-65(45-33-57)73-68(48-36-60-28-14-52(4)15-29-60)71(63-40-20-55(7)21-41-63)66(46-34-58-24-10-50(2)11-25-58)70(62-38-18-54(6)19-39-62)67(47-35-59-26-12-51(3)13-27-59)72(64-42-22-56(8)23-43-64)69(73)49-37-61-30-16-53(5)17-31-61/h10-33,38-45H,9H2,1-8H3/b70-66-,70-67?,71-66?,71-68-,72-67-,72-69?,73-68?,73-69-. The van der Waals surface area contributed by atoms with Gasteiger partial charge in [-0.15, -0.1) is 0 Å². The third kappa shape index (κ3) is 11.8. The number of rotatable bonds is 5. The Bertz CT molecular complexity index is 3680. The number of allylic oxidation sites excluding steroid dienone is 8. The Hall–Kier alpha value is -9.04. The molecular weight excluding hydrogens is 877 g/mol. The molecule has 0 heterocycles. The van der Waals surface area contributed by atoms with E-state index in [2.05, 4.69) is 297 Å². The highest BCUT2D eigenvalue weighted by molar-refractivity contribution is 6.16. The zero-order valence-corrected chi connectivity index (χ0v) is 43.2. The Balaban J connectivity index is 1.61. The molecule has 0 fully saturated rings. The highest BCUT2D eigenvalue weighted by Crippen LogP contribution is 2.48. The first-order valence-electron chi connectivity index (χ1n) is 25.1. The van der Waals surface area contributed by atoms with Crippen molar-refractivity contribution in [3.05, 3.63) is 305 Å². The second kappa shape index (κ2) is 22.4. The van der Waals surface area contributed by atoms with Crippen molar-refractivity contribution >= 4 is 22.3 Å². The van der Waals surface area contributed by atoms with E-state index in [9.17, 15) is 0 Å². The van der Waals surface area contributed by atoms with Gasteiger partial charge in [-0.05, 0) is 131 Å². The summed E-state index contributed by atoms with van der Waals surface area (Å²) in [5.74, 6) is 30.5. The molecule has 0 atom stereocenters. The molecule has 0 heteroatoms. The molecular formula is C73H58. The molecule has 0 aliphatic heterocycles. The van der Waals surface area contributed by atoms with Gasteiger partial charge in [0.05, 0.1) is 0 Å². The van der Waals surface area contributed by atoms with Crippen LogP contribution in [0.25, 0.3) is 22.3 Å². The Labute approximate surface area is 434 Å². The third-order valence-electron chi connectivity index (χ3n) is 13.2. The summed E-state index contributed by atoms with van der Waals surface area (Å²) in [6.07, 6.45) is 0.901. The molecule has 0 spiro atoms. The normalized spacial score (nSPS) is 16.3. The summed E-state index contributed by atoms with van der Waals surface area (Å²) in [5, 5.41) is 0. The van der Waals surface area contributed by atoms with Crippen LogP contribution < -0.4 is 0 Å². The maximum atomic E-state index is 3.92. The van der Waals surface area contributed by atoms with Gasteiger partial charge in [-0.3, -0.25) is 0 Å². The summed E-state index contributed by atoms with van der Waals surface area (Å²) in [6, 6.07) is 69.3. The summed E-state index contributed by atoms with van der Waals surface area (Å²) < 4.78 is 0. The molecule has 9 rings (SSSR count). The van der Waals surface area contributed by atoms with E-state index >= 15 is 0 Å². The van der Waals surface area contributed by atoms with Crippen LogP contribution in [0.2, 0.25) is 0 Å². The van der Waals surface area contributed by atoms with Crippen LogP contribution in [0.3, 0.4) is 0 Å². The van der Waals surface area contributed by atoms with Crippen molar-refractivity contribution in [3.63, 3.8) is 0 Å². The smallest absolute Gasteiger partial charge is 0.0431 e. The maximum absolute atomic E-state index is 3.92. The van der Waals surface area contributed by atoms with Crippen LogP contribution in [-0.4, -0.2) is 0 Å². The van der Waals surface area contributed by atoms with Gasteiger partial charge < -0.3 is 0 Å². The molecule has 0 radical (unpaired) electrons. The van der Waals surface area contributed by atoms with Gasteiger partial charge in [0.15, 0.2) is 0 Å². The Morgan fingerprint density at radius 1 is 0.219 bits per heavy atom. The Morgan fingerprint density at radius 3 is 0.589 bits per heavy atom. The second-order valence-electron chi connectivity index (χ2n) is 19.1. The van der Waals surface area contributed by atoms with Gasteiger partial charge in [0.1, 0.15) is 0 Å². The number of hydrogen-bond acceptors (Lipinski definition) is 0. The van der Waals surface area contributed by atoms with Gasteiger partial charge >= 0.3 is 0 Å². The van der Waals surface area contributed by atoms with Crippen molar-refractivity contribution in [2.75, 3.05) is 0 Å². The summed E-state index contributed by atoms with van der Waals surface area (Å²) >= 11 is 0. The molecule has 0 aromatic heterocycles. The SMILES string of the molecule is CCc1ccc(C2=C(C#Cc3ccc(C)cc3)/C(c3ccc(C)cc3)=C(C#Cc3ccc(C)cc3)\C(c3ccc(C)cc3)=C(C#Cc3ccc(C)cc3)/C(c3ccc(C)cc3)=C\2C#Cc2ccc(C)cc2)cc1. The summed E-state index contributed by atoms with van der Waals surface area (Å²) in [7, 11) is 0. The van der Waals surface area contributed by atoms with Crippen molar-refractivity contribution < 1.29 is 0 Å². The molecule has 0 unspecified atom stereocenters. The topological polar surface area (TPSA) is 0 Å². The van der Waals surface area contributed by atoms with Crippen LogP contribution >= 0.6 is 0 Å². The van der Waals surface area contributed by atoms with Gasteiger partial charge in [0, 0.05) is 66.8 Å². The van der Waals surface area contributed by atoms with E-state index in [1.807, 2.05) is 0 Å². The lowest BCUT2D eigenvalue weighted by Gasteiger charge is -2.27. The molecule has 0 bridgehead atoms. The molecule has 0 saturated heterocycles. The minimum absolute atomic E-state index is 0.813. The van der Waals surface area contributed by atoms with Gasteiger partial charge in [-0.25, -0.2) is 0 Å². The van der Waals surface area contributed by atoms with Gasteiger partial charge in [-0.1, -0.05) is 239 Å². The first-order chi connectivity index (χ1) is 35.5. The lowest BCUT2D eigenvalue weighted by atomic mass is 9.74. The van der Waals surface area contributed by atoms with E-state index in [4.69, 9.17) is 0 Å². The Kier molecular flexibility index (Phi) is 15.0. The first kappa shape index (κ1) is 49.0. The molecule has 0 saturated carbocycles. The molecule has 8 aromatic rings. The number of benzene rings is 8. The lowest BCUT2D eigenvalue weighted by Crippen LogP contribution is -2.10. The highest BCUT2D eigenvalue weighted by atomic mass is 14.3. The lowest BCUT2D eigenvalue weighted by molar-refractivity contribution is 1.14. The summed E-state index contributed by atoms with van der Waals surface area (Å²) in [6.45, 7) is 17.0. The van der Waals surface area contributed by atoms with Crippen LogP contribution in [0.15, 0.2) is 216 Å². The van der Waals surface area contributed by atoms with Crippen molar-refractivity contribution in [1.82, 2.24) is 0 Å². The Morgan fingerprint density at radius 2 is 0.397 bits per heavy atom. The fraction of sp³-hybridized carbons (Fsp3) is 0.123. The van der Waals surface area contributed by atoms with Gasteiger partial charge in [0.2, 0.25) is 0 Å². The molecule has 8 aromatic carbocycles. The zero-order chi connectivity index (χ0) is 50.8. The van der Waals surface area contributed by atoms with E-state index in [-0.39, 0.29) is 0 Å². The van der Waals surface area contributed by atoms with E-state index < -0.39 is 0 Å². The molecule has 0 N–H and O–H groups in total. The van der Waals surface area contributed by atoms with Gasteiger partial charge in [-0.2, -0.15) is 0 Å². The maximum Gasteiger partial charge on any atom is 0.0431 e. The predicted octanol–water partition coefficient (Wildman–Crippen LogP) is 16.7. The average Bonchev–Trinajstić information content (AvgIpc) is 3.40. The minimum atomic E-state index is 0.813. The summed E-state index contributed by atoms with van der Waals surface area (Å²) in [4.78, 5) is 0. The van der Waals surface area contributed by atoms with E-state index in [1.54, 1.807) is 0 Å². The molecule has 350 valence electrons. The predicted molar refractivity (Wildman–Crippen MR) is 309 cm³/mol. The first-order valence-corrected chi connectivity index (χ1v) is 25.1. The molecule has 73 heavy (non-hydrogen) atoms. The van der Waals surface area contributed by atoms with Crippen LogP contribution in [0, 0.1) is 95.8 Å².